The molecule has 4 heteroatoms. The molecule has 0 spiro atoms. The van der Waals surface area contributed by atoms with Crippen LogP contribution in [0.2, 0.25) is 0 Å². The molecular formula is C15H22N4. The summed E-state index contributed by atoms with van der Waals surface area (Å²) in [5, 5.41) is 0. The van der Waals surface area contributed by atoms with E-state index >= 15 is 0 Å². The van der Waals surface area contributed by atoms with Crippen LogP contribution in [0, 0.1) is 5.41 Å². The Hall–Kier alpha value is -1.71. The number of nitrogens with one attached hydrogen (secondary N) is 1. The molecule has 1 aromatic heterocycles. The molecule has 0 bridgehead atoms. The van der Waals surface area contributed by atoms with Crippen LogP contribution in [0.5, 0.6) is 0 Å². The van der Waals surface area contributed by atoms with Crippen molar-refractivity contribution in [3.63, 3.8) is 0 Å². The lowest BCUT2D eigenvalue weighted by molar-refractivity contribution is 0.325. The van der Waals surface area contributed by atoms with Gasteiger partial charge in [-0.15, -0.1) is 0 Å². The number of anilines is 2. The molecule has 4 nitrogen and oxygen atoms in total. The van der Waals surface area contributed by atoms with Gasteiger partial charge in [-0.2, -0.15) is 0 Å². The summed E-state index contributed by atoms with van der Waals surface area (Å²) in [4.78, 5) is 10.4. The molecule has 19 heavy (non-hydrogen) atoms. The van der Waals surface area contributed by atoms with Crippen molar-refractivity contribution in [3.8, 4) is 0 Å². The Morgan fingerprint density at radius 1 is 1.26 bits per heavy atom. The zero-order chi connectivity index (χ0) is 13.5. The van der Waals surface area contributed by atoms with E-state index < -0.39 is 0 Å². The minimum absolute atomic E-state index is 0.450. The largest absolute Gasteiger partial charge is 0.399 e. The van der Waals surface area contributed by atoms with E-state index in [4.69, 9.17) is 5.73 Å². The third-order valence-corrected chi connectivity index (χ3v) is 4.13. The van der Waals surface area contributed by atoms with E-state index in [-0.39, 0.29) is 0 Å². The van der Waals surface area contributed by atoms with Gasteiger partial charge in [-0.1, -0.05) is 13.8 Å². The lowest BCUT2D eigenvalue weighted by atomic mass is 9.85. The molecular weight excluding hydrogens is 236 g/mol. The molecule has 0 aliphatic carbocycles. The van der Waals surface area contributed by atoms with E-state index in [1.807, 2.05) is 18.2 Å². The number of hydrogen-bond acceptors (Lipinski definition) is 3. The Kier molecular flexibility index (Phi) is 2.88. The van der Waals surface area contributed by atoms with Gasteiger partial charge in [-0.3, -0.25) is 0 Å². The van der Waals surface area contributed by atoms with E-state index in [1.54, 1.807) is 0 Å². The van der Waals surface area contributed by atoms with Crippen LogP contribution in [-0.4, -0.2) is 23.1 Å². The van der Waals surface area contributed by atoms with Crippen LogP contribution in [0.15, 0.2) is 18.2 Å². The van der Waals surface area contributed by atoms with Crippen molar-refractivity contribution in [1.29, 1.82) is 0 Å². The molecule has 0 amide bonds. The van der Waals surface area contributed by atoms with Gasteiger partial charge >= 0.3 is 0 Å². The number of aromatic nitrogens is 2. The van der Waals surface area contributed by atoms with Crippen LogP contribution in [0.25, 0.3) is 11.0 Å². The van der Waals surface area contributed by atoms with Crippen LogP contribution >= 0.6 is 0 Å². The van der Waals surface area contributed by atoms with Crippen LogP contribution in [0.4, 0.5) is 11.6 Å². The van der Waals surface area contributed by atoms with Crippen LogP contribution in [0.3, 0.4) is 0 Å². The summed E-state index contributed by atoms with van der Waals surface area (Å²) in [6, 6.07) is 5.83. The summed E-state index contributed by atoms with van der Waals surface area (Å²) in [7, 11) is 0. The number of nitrogens with two attached hydrogens (primary N) is 1. The third kappa shape index (κ3) is 2.53. The van der Waals surface area contributed by atoms with Crippen molar-refractivity contribution in [2.75, 3.05) is 23.7 Å². The summed E-state index contributed by atoms with van der Waals surface area (Å²) >= 11 is 0. The zero-order valence-electron chi connectivity index (χ0n) is 11.7. The fourth-order valence-electron chi connectivity index (χ4n) is 2.80. The summed E-state index contributed by atoms with van der Waals surface area (Å²) < 4.78 is 0. The molecule has 102 valence electrons. The Balaban J connectivity index is 1.87. The quantitative estimate of drug-likeness (QED) is 0.772. The minimum atomic E-state index is 0.450. The fraction of sp³-hybridized carbons (Fsp3) is 0.533. The van der Waals surface area contributed by atoms with Gasteiger partial charge in [-0.05, 0) is 42.9 Å². The number of aromatic amines is 1. The first kappa shape index (κ1) is 12.3. The number of nitrogen functional groups attached to an aromatic ring is 1. The second-order valence-electron chi connectivity index (χ2n) is 6.34. The number of hydrogen-bond donors (Lipinski definition) is 2. The van der Waals surface area contributed by atoms with Crippen LogP contribution < -0.4 is 10.6 Å². The Labute approximate surface area is 114 Å². The molecule has 0 saturated carbocycles. The first-order chi connectivity index (χ1) is 9.03. The summed E-state index contributed by atoms with van der Waals surface area (Å²) in [6.07, 6.45) is 3.73. The van der Waals surface area contributed by atoms with Gasteiger partial charge in [0.15, 0.2) is 0 Å². The van der Waals surface area contributed by atoms with E-state index in [2.05, 4.69) is 28.7 Å². The number of rotatable bonds is 1. The van der Waals surface area contributed by atoms with Crippen molar-refractivity contribution < 1.29 is 0 Å². The molecule has 1 aromatic carbocycles. The maximum Gasteiger partial charge on any atom is 0.203 e. The molecule has 2 aromatic rings. The summed E-state index contributed by atoms with van der Waals surface area (Å²) in [6.45, 7) is 6.87. The highest BCUT2D eigenvalue weighted by Crippen LogP contribution is 2.31. The molecule has 1 saturated heterocycles. The average Bonchev–Trinajstić information content (AvgIpc) is 2.67. The smallest absolute Gasteiger partial charge is 0.203 e. The summed E-state index contributed by atoms with van der Waals surface area (Å²) in [5.41, 5.74) is 9.06. The standard InChI is InChI=1S/C15H22N4/c1-15(2)6-3-8-19(9-7-15)14-17-12-5-4-11(16)10-13(12)18-14/h4-5,10H,3,6-9,16H2,1-2H3,(H,17,18). The second-order valence-corrected chi connectivity index (χ2v) is 6.34. The van der Waals surface area contributed by atoms with Gasteiger partial charge < -0.3 is 15.6 Å². The summed E-state index contributed by atoms with van der Waals surface area (Å²) in [5.74, 6) is 0.985. The maximum absolute atomic E-state index is 5.81. The molecule has 1 fully saturated rings. The number of fused-ring (bicyclic) bond motifs is 1. The Bertz CT molecular complexity index is 585. The van der Waals surface area contributed by atoms with Gasteiger partial charge in [0.1, 0.15) is 0 Å². The van der Waals surface area contributed by atoms with E-state index in [0.717, 1.165) is 35.8 Å². The Morgan fingerprint density at radius 2 is 2.11 bits per heavy atom. The van der Waals surface area contributed by atoms with Crippen molar-refractivity contribution in [2.45, 2.75) is 33.1 Å². The SMILES string of the molecule is CC1(C)CCCN(c2nc3ccc(N)cc3[nH]2)CC1. The molecule has 3 rings (SSSR count). The van der Waals surface area contributed by atoms with Crippen molar-refractivity contribution >= 4 is 22.7 Å². The molecule has 2 heterocycles. The highest BCUT2D eigenvalue weighted by atomic mass is 15.3. The van der Waals surface area contributed by atoms with Crippen molar-refractivity contribution in [3.05, 3.63) is 18.2 Å². The lowest BCUT2D eigenvalue weighted by Gasteiger charge is -2.22. The van der Waals surface area contributed by atoms with Crippen molar-refractivity contribution in [1.82, 2.24) is 9.97 Å². The topological polar surface area (TPSA) is 57.9 Å². The molecule has 0 radical (unpaired) electrons. The third-order valence-electron chi connectivity index (χ3n) is 4.13. The number of nitrogens with zero attached hydrogens (tertiary/aromatic N) is 2. The minimum Gasteiger partial charge on any atom is -0.399 e. The van der Waals surface area contributed by atoms with E-state index in [1.165, 1.54) is 19.3 Å². The van der Waals surface area contributed by atoms with Gasteiger partial charge in [0.2, 0.25) is 5.95 Å². The van der Waals surface area contributed by atoms with Crippen LogP contribution in [0.1, 0.15) is 33.1 Å². The van der Waals surface area contributed by atoms with E-state index in [0.29, 0.717) is 5.41 Å². The first-order valence-corrected chi connectivity index (χ1v) is 7.04. The number of imidazole rings is 1. The van der Waals surface area contributed by atoms with Crippen molar-refractivity contribution in [2.24, 2.45) is 5.41 Å². The molecule has 0 atom stereocenters. The zero-order valence-corrected chi connectivity index (χ0v) is 11.7. The highest BCUT2D eigenvalue weighted by molar-refractivity contribution is 5.80. The van der Waals surface area contributed by atoms with Gasteiger partial charge in [-0.25, -0.2) is 4.98 Å². The van der Waals surface area contributed by atoms with E-state index in [9.17, 15) is 0 Å². The molecule has 3 N–H and O–H groups in total. The lowest BCUT2D eigenvalue weighted by Crippen LogP contribution is -2.26. The number of benzene rings is 1. The predicted molar refractivity (Wildman–Crippen MR) is 80.4 cm³/mol. The van der Waals surface area contributed by atoms with Gasteiger partial charge in [0, 0.05) is 18.8 Å². The monoisotopic (exact) mass is 258 g/mol. The molecule has 1 aliphatic heterocycles. The number of H-pyrrole nitrogens is 1. The average molecular weight is 258 g/mol. The van der Waals surface area contributed by atoms with Crippen LogP contribution in [-0.2, 0) is 0 Å². The second kappa shape index (κ2) is 4.44. The fourth-order valence-corrected chi connectivity index (χ4v) is 2.80. The van der Waals surface area contributed by atoms with Gasteiger partial charge in [0.05, 0.1) is 11.0 Å². The highest BCUT2D eigenvalue weighted by Gasteiger charge is 2.24. The molecule has 1 aliphatic rings. The predicted octanol–water partition coefficient (Wildman–Crippen LogP) is 3.16. The van der Waals surface area contributed by atoms with Gasteiger partial charge in [0.25, 0.3) is 0 Å². The Morgan fingerprint density at radius 3 is 2.95 bits per heavy atom. The normalized spacial score (nSPS) is 19.6. The first-order valence-electron chi connectivity index (χ1n) is 7.04. The maximum atomic E-state index is 5.81. The molecule has 0 unspecified atom stereocenters.